The number of hydrogen-bond donors (Lipinski definition) is 1. The lowest BCUT2D eigenvalue weighted by atomic mass is 9.85. The van der Waals surface area contributed by atoms with Gasteiger partial charge in [0.05, 0.1) is 0 Å². The highest BCUT2D eigenvalue weighted by molar-refractivity contribution is 6.31. The summed E-state index contributed by atoms with van der Waals surface area (Å²) in [4.78, 5) is 12.4. The monoisotopic (exact) mass is 370 g/mol. The molecule has 0 unspecified atom stereocenters. The van der Waals surface area contributed by atoms with Gasteiger partial charge >= 0.3 is 0 Å². The summed E-state index contributed by atoms with van der Waals surface area (Å²) in [6, 6.07) is 9.18. The third-order valence-corrected chi connectivity index (χ3v) is 5.12. The van der Waals surface area contributed by atoms with Crippen molar-refractivity contribution in [1.29, 1.82) is 0 Å². The van der Waals surface area contributed by atoms with Crippen LogP contribution in [0.2, 0.25) is 5.02 Å². The lowest BCUT2D eigenvalue weighted by Gasteiger charge is -2.20. The summed E-state index contributed by atoms with van der Waals surface area (Å²) in [5, 5.41) is 11.8. The number of nitrogens with zero attached hydrogens (tertiary/aromatic N) is 3. The molecule has 2 aromatic heterocycles. The van der Waals surface area contributed by atoms with Gasteiger partial charge in [-0.25, -0.2) is 0 Å². The van der Waals surface area contributed by atoms with E-state index in [2.05, 4.69) is 15.5 Å². The molecule has 1 fully saturated rings. The molecule has 1 aliphatic rings. The van der Waals surface area contributed by atoms with Crippen molar-refractivity contribution in [3.8, 4) is 11.6 Å². The van der Waals surface area contributed by atoms with Gasteiger partial charge in [0.1, 0.15) is 12.2 Å². The molecule has 7 heteroatoms. The number of anilines is 1. The molecule has 0 saturated heterocycles. The van der Waals surface area contributed by atoms with Crippen molar-refractivity contribution >= 4 is 23.2 Å². The number of aromatic nitrogens is 3. The Labute approximate surface area is 156 Å². The van der Waals surface area contributed by atoms with Gasteiger partial charge in [-0.3, -0.25) is 4.79 Å². The van der Waals surface area contributed by atoms with Crippen LogP contribution in [0.4, 0.5) is 5.69 Å². The fraction of sp³-hybridized carbons (Fsp3) is 0.316. The molecule has 0 bridgehead atoms. The van der Waals surface area contributed by atoms with E-state index in [1.807, 2.05) is 37.4 Å². The molecule has 1 amide bonds. The van der Waals surface area contributed by atoms with Crippen molar-refractivity contribution in [2.45, 2.75) is 38.6 Å². The van der Waals surface area contributed by atoms with Gasteiger partial charge < -0.3 is 14.3 Å². The van der Waals surface area contributed by atoms with Crippen molar-refractivity contribution in [2.24, 2.45) is 0 Å². The maximum atomic E-state index is 12.4. The average molecular weight is 371 g/mol. The van der Waals surface area contributed by atoms with Crippen LogP contribution in [-0.2, 0) is 11.3 Å². The third kappa shape index (κ3) is 3.37. The Hall–Kier alpha value is -2.60. The van der Waals surface area contributed by atoms with E-state index in [0.29, 0.717) is 28.4 Å². The van der Waals surface area contributed by atoms with Crippen LogP contribution in [0.15, 0.2) is 40.9 Å². The van der Waals surface area contributed by atoms with Crippen LogP contribution in [0, 0.1) is 6.92 Å². The number of nitrogens with one attached hydrogen (secondary N) is 1. The van der Waals surface area contributed by atoms with Gasteiger partial charge in [-0.1, -0.05) is 24.1 Å². The van der Waals surface area contributed by atoms with Crippen molar-refractivity contribution in [3.63, 3.8) is 0 Å². The first-order valence-corrected chi connectivity index (χ1v) is 9.03. The van der Waals surface area contributed by atoms with Crippen LogP contribution in [-0.4, -0.2) is 20.7 Å². The zero-order valence-electron chi connectivity index (χ0n) is 14.4. The van der Waals surface area contributed by atoms with E-state index in [1.54, 1.807) is 10.6 Å². The molecule has 1 saturated carbocycles. The highest BCUT2D eigenvalue weighted by atomic mass is 35.5. The standard InChI is InChI=1S/C19H19ClN4O2/c1-12-7-8-14(10-15(12)20)21-17(25)11-24-9-3-6-16(24)19-23-22-18(26-19)13-4-2-5-13/h3,6-10,13H,2,4-5,11H2,1H3,(H,21,25). The van der Waals surface area contributed by atoms with Crippen LogP contribution in [0.25, 0.3) is 11.6 Å². The van der Waals surface area contributed by atoms with Gasteiger partial charge in [-0.05, 0) is 49.6 Å². The smallest absolute Gasteiger partial charge is 0.264 e. The fourth-order valence-electron chi connectivity index (χ4n) is 2.93. The summed E-state index contributed by atoms with van der Waals surface area (Å²) in [6.07, 6.45) is 5.24. The van der Waals surface area contributed by atoms with Crippen molar-refractivity contribution < 1.29 is 9.21 Å². The molecule has 134 valence electrons. The SMILES string of the molecule is Cc1ccc(NC(=O)Cn2cccc2-c2nnc(C3CCC3)o2)cc1Cl. The number of halogens is 1. The molecule has 0 radical (unpaired) electrons. The minimum absolute atomic E-state index is 0.148. The number of hydrogen-bond acceptors (Lipinski definition) is 4. The van der Waals surface area contributed by atoms with Crippen molar-refractivity contribution in [2.75, 3.05) is 5.32 Å². The predicted octanol–water partition coefficient (Wildman–Crippen LogP) is 4.41. The lowest BCUT2D eigenvalue weighted by molar-refractivity contribution is -0.116. The van der Waals surface area contributed by atoms with E-state index in [9.17, 15) is 4.79 Å². The summed E-state index contributed by atoms with van der Waals surface area (Å²) in [5.74, 6) is 1.37. The van der Waals surface area contributed by atoms with E-state index < -0.39 is 0 Å². The zero-order valence-corrected chi connectivity index (χ0v) is 15.2. The number of carbonyl (C=O) groups excluding carboxylic acids is 1. The molecule has 0 spiro atoms. The summed E-state index contributed by atoms with van der Waals surface area (Å²) >= 11 is 6.11. The molecule has 1 aromatic carbocycles. The molecule has 26 heavy (non-hydrogen) atoms. The summed E-state index contributed by atoms with van der Waals surface area (Å²) < 4.78 is 7.60. The normalized spacial score (nSPS) is 14.2. The molecule has 6 nitrogen and oxygen atoms in total. The first-order valence-electron chi connectivity index (χ1n) is 8.65. The Bertz CT molecular complexity index is 943. The number of amides is 1. The predicted molar refractivity (Wildman–Crippen MR) is 99.1 cm³/mol. The number of rotatable bonds is 5. The van der Waals surface area contributed by atoms with Crippen LogP contribution in [0.1, 0.15) is 36.6 Å². The number of aryl methyl sites for hydroxylation is 1. The Morgan fingerprint density at radius 1 is 1.35 bits per heavy atom. The van der Waals surface area contributed by atoms with Gasteiger partial charge in [-0.15, -0.1) is 10.2 Å². The average Bonchev–Trinajstić information content (AvgIpc) is 3.18. The van der Waals surface area contributed by atoms with E-state index in [1.165, 1.54) is 6.42 Å². The summed E-state index contributed by atoms with van der Waals surface area (Å²) in [5.41, 5.74) is 2.38. The molecule has 4 rings (SSSR count). The van der Waals surface area contributed by atoms with Gasteiger partial charge in [-0.2, -0.15) is 0 Å². The Morgan fingerprint density at radius 2 is 2.19 bits per heavy atom. The highest BCUT2D eigenvalue weighted by Crippen LogP contribution is 2.36. The molecule has 0 aliphatic heterocycles. The first kappa shape index (κ1) is 16.8. The minimum Gasteiger partial charge on any atom is -0.419 e. The fourth-order valence-corrected chi connectivity index (χ4v) is 3.11. The zero-order chi connectivity index (χ0) is 18.1. The maximum absolute atomic E-state index is 12.4. The van der Waals surface area contributed by atoms with E-state index in [0.717, 1.165) is 24.1 Å². The summed E-state index contributed by atoms with van der Waals surface area (Å²) in [6.45, 7) is 2.07. The second kappa shape index (κ2) is 6.96. The van der Waals surface area contributed by atoms with Gasteiger partial charge in [0.25, 0.3) is 5.89 Å². The van der Waals surface area contributed by atoms with Crippen LogP contribution in [0.3, 0.4) is 0 Å². The highest BCUT2D eigenvalue weighted by Gasteiger charge is 2.26. The van der Waals surface area contributed by atoms with Crippen molar-refractivity contribution in [1.82, 2.24) is 14.8 Å². The molecule has 1 aliphatic carbocycles. The van der Waals surface area contributed by atoms with Gasteiger partial charge in [0, 0.05) is 22.8 Å². The lowest BCUT2D eigenvalue weighted by Crippen LogP contribution is -2.18. The second-order valence-electron chi connectivity index (χ2n) is 6.61. The summed E-state index contributed by atoms with van der Waals surface area (Å²) in [7, 11) is 0. The maximum Gasteiger partial charge on any atom is 0.264 e. The minimum atomic E-state index is -0.152. The van der Waals surface area contributed by atoms with E-state index in [-0.39, 0.29) is 12.5 Å². The molecule has 0 atom stereocenters. The number of carbonyl (C=O) groups is 1. The second-order valence-corrected chi connectivity index (χ2v) is 7.01. The first-order chi connectivity index (χ1) is 12.6. The third-order valence-electron chi connectivity index (χ3n) is 4.71. The van der Waals surface area contributed by atoms with Crippen LogP contribution >= 0.6 is 11.6 Å². The van der Waals surface area contributed by atoms with Crippen LogP contribution < -0.4 is 5.32 Å². The molecule has 2 heterocycles. The Balaban J connectivity index is 1.47. The quantitative estimate of drug-likeness (QED) is 0.722. The molecule has 3 aromatic rings. The molecular formula is C19H19ClN4O2. The van der Waals surface area contributed by atoms with E-state index in [4.69, 9.17) is 16.0 Å². The molecular weight excluding hydrogens is 352 g/mol. The van der Waals surface area contributed by atoms with Gasteiger partial charge in [0.15, 0.2) is 0 Å². The molecule has 1 N–H and O–H groups in total. The Kier molecular flexibility index (Phi) is 4.51. The Morgan fingerprint density at radius 3 is 2.92 bits per heavy atom. The number of benzene rings is 1. The van der Waals surface area contributed by atoms with Gasteiger partial charge in [0.2, 0.25) is 11.8 Å². The topological polar surface area (TPSA) is 73.0 Å². The van der Waals surface area contributed by atoms with E-state index >= 15 is 0 Å². The van der Waals surface area contributed by atoms with Crippen LogP contribution in [0.5, 0.6) is 0 Å². The largest absolute Gasteiger partial charge is 0.419 e. The van der Waals surface area contributed by atoms with Crippen molar-refractivity contribution in [3.05, 3.63) is 53.0 Å².